The van der Waals surface area contributed by atoms with E-state index in [1.807, 2.05) is 27.7 Å². The summed E-state index contributed by atoms with van der Waals surface area (Å²) in [6.45, 7) is 11.3. The summed E-state index contributed by atoms with van der Waals surface area (Å²) in [4.78, 5) is 11.6. The van der Waals surface area contributed by atoms with Crippen molar-refractivity contribution in [2.24, 2.45) is 5.73 Å². The second-order valence-corrected chi connectivity index (χ2v) is 8.57. The highest BCUT2D eigenvalue weighted by molar-refractivity contribution is 5.68. The quantitative estimate of drug-likeness (QED) is 0.741. The molecule has 6 heteroatoms. The van der Waals surface area contributed by atoms with Crippen LogP contribution >= 0.6 is 0 Å². The zero-order chi connectivity index (χ0) is 20.3. The van der Waals surface area contributed by atoms with Crippen molar-refractivity contribution < 1.29 is 19.0 Å². The summed E-state index contributed by atoms with van der Waals surface area (Å²) in [5.41, 5.74) is 5.31. The minimum atomic E-state index is -0.424. The van der Waals surface area contributed by atoms with E-state index in [-0.39, 0.29) is 12.1 Å². The molecule has 2 aliphatic carbocycles. The lowest BCUT2D eigenvalue weighted by Crippen LogP contribution is -2.41. The predicted molar refractivity (Wildman–Crippen MR) is 109 cm³/mol. The maximum absolute atomic E-state index is 11.6. The van der Waals surface area contributed by atoms with Crippen LogP contribution in [-0.4, -0.2) is 49.2 Å². The third-order valence-electron chi connectivity index (χ3n) is 4.92. The second kappa shape index (κ2) is 12.6. The lowest BCUT2D eigenvalue weighted by atomic mass is 9.93. The van der Waals surface area contributed by atoms with Crippen molar-refractivity contribution in [2.45, 2.75) is 116 Å². The summed E-state index contributed by atoms with van der Waals surface area (Å²) < 4.78 is 16.3. The Morgan fingerprint density at radius 1 is 0.889 bits per heavy atom. The normalized spacial score (nSPS) is 28.7. The molecule has 27 heavy (non-hydrogen) atoms. The summed E-state index contributed by atoms with van der Waals surface area (Å²) >= 11 is 0. The first-order valence-corrected chi connectivity index (χ1v) is 10.7. The molecule has 1 amide bonds. The van der Waals surface area contributed by atoms with Crippen LogP contribution in [0, 0.1) is 0 Å². The van der Waals surface area contributed by atoms with Gasteiger partial charge in [0.15, 0.2) is 0 Å². The van der Waals surface area contributed by atoms with Gasteiger partial charge in [-0.25, -0.2) is 4.79 Å². The first-order valence-electron chi connectivity index (χ1n) is 10.7. The Hall–Kier alpha value is -0.850. The Morgan fingerprint density at radius 3 is 1.74 bits per heavy atom. The van der Waals surface area contributed by atoms with Crippen LogP contribution < -0.4 is 11.1 Å². The Labute approximate surface area is 165 Å². The molecule has 0 unspecified atom stereocenters. The standard InChI is InChI=1S/C13H25NO3.C8H17NO/c1-5-16-11-8-6-10(7-9-11)14-12(15)17-13(2,3)4;1-2-10-8-5-3-7(9)4-6-8/h10-11H,5-9H2,1-4H3,(H,14,15);7-8H,2-6,9H2,1H3. The van der Waals surface area contributed by atoms with Gasteiger partial charge in [0.25, 0.3) is 0 Å². The lowest BCUT2D eigenvalue weighted by Gasteiger charge is -2.29. The van der Waals surface area contributed by atoms with E-state index < -0.39 is 5.60 Å². The number of rotatable bonds is 5. The van der Waals surface area contributed by atoms with Gasteiger partial charge in [-0.15, -0.1) is 0 Å². The molecule has 0 aliphatic heterocycles. The third-order valence-corrected chi connectivity index (χ3v) is 4.92. The fourth-order valence-corrected chi connectivity index (χ4v) is 3.57. The van der Waals surface area contributed by atoms with E-state index in [1.165, 1.54) is 0 Å². The monoisotopic (exact) mass is 386 g/mol. The van der Waals surface area contributed by atoms with Crippen molar-refractivity contribution in [1.82, 2.24) is 5.32 Å². The van der Waals surface area contributed by atoms with Gasteiger partial charge < -0.3 is 25.3 Å². The van der Waals surface area contributed by atoms with Crippen LogP contribution in [0.2, 0.25) is 0 Å². The molecule has 2 saturated carbocycles. The number of ether oxygens (including phenoxy) is 3. The van der Waals surface area contributed by atoms with Crippen LogP contribution in [0.5, 0.6) is 0 Å². The molecule has 3 N–H and O–H groups in total. The molecule has 2 rings (SSSR count). The van der Waals surface area contributed by atoms with Crippen LogP contribution in [0.1, 0.15) is 86.0 Å². The predicted octanol–water partition coefficient (Wildman–Crippen LogP) is 4.15. The third kappa shape index (κ3) is 11.6. The van der Waals surface area contributed by atoms with Gasteiger partial charge in [-0.05, 0) is 86.0 Å². The molecule has 0 radical (unpaired) electrons. The molecule has 0 saturated heterocycles. The topological polar surface area (TPSA) is 82.8 Å². The Morgan fingerprint density at radius 2 is 1.33 bits per heavy atom. The van der Waals surface area contributed by atoms with Crippen molar-refractivity contribution in [3.8, 4) is 0 Å². The van der Waals surface area contributed by atoms with Crippen LogP contribution in [0.15, 0.2) is 0 Å². The van der Waals surface area contributed by atoms with Gasteiger partial charge in [0.05, 0.1) is 12.2 Å². The van der Waals surface area contributed by atoms with Crippen LogP contribution in [0.3, 0.4) is 0 Å². The van der Waals surface area contributed by atoms with E-state index in [2.05, 4.69) is 12.2 Å². The molecule has 0 heterocycles. The highest BCUT2D eigenvalue weighted by atomic mass is 16.6. The molecule has 0 aromatic rings. The molecule has 160 valence electrons. The van der Waals surface area contributed by atoms with Crippen molar-refractivity contribution >= 4 is 6.09 Å². The summed E-state index contributed by atoms with van der Waals surface area (Å²) in [5, 5.41) is 2.92. The average Bonchev–Trinajstić information content (AvgIpc) is 2.58. The summed E-state index contributed by atoms with van der Waals surface area (Å²) in [5.74, 6) is 0. The van der Waals surface area contributed by atoms with Gasteiger partial charge in [-0.1, -0.05) is 0 Å². The fraction of sp³-hybridized carbons (Fsp3) is 0.952. The highest BCUT2D eigenvalue weighted by Crippen LogP contribution is 2.21. The minimum absolute atomic E-state index is 0.238. The van der Waals surface area contributed by atoms with Crippen molar-refractivity contribution in [1.29, 1.82) is 0 Å². The van der Waals surface area contributed by atoms with E-state index in [0.29, 0.717) is 18.2 Å². The minimum Gasteiger partial charge on any atom is -0.444 e. The maximum atomic E-state index is 11.6. The smallest absolute Gasteiger partial charge is 0.407 e. The molecule has 2 fully saturated rings. The molecule has 6 nitrogen and oxygen atoms in total. The highest BCUT2D eigenvalue weighted by Gasteiger charge is 2.24. The zero-order valence-corrected chi connectivity index (χ0v) is 18.1. The number of carbonyl (C=O) groups excluding carboxylic acids is 1. The number of alkyl carbamates (subject to hydrolysis) is 1. The number of hydrogen-bond donors (Lipinski definition) is 2. The van der Waals surface area contributed by atoms with Crippen molar-refractivity contribution in [3.05, 3.63) is 0 Å². The first kappa shape index (κ1) is 24.2. The number of carbonyl (C=O) groups is 1. The van der Waals surface area contributed by atoms with E-state index in [4.69, 9.17) is 19.9 Å². The molecule has 2 aliphatic rings. The summed E-state index contributed by atoms with van der Waals surface area (Å²) in [6, 6.07) is 0.679. The zero-order valence-electron chi connectivity index (χ0n) is 18.1. The molecule has 0 spiro atoms. The molecule has 0 aromatic heterocycles. The Kier molecular flexibility index (Phi) is 11.3. The second-order valence-electron chi connectivity index (χ2n) is 8.57. The molecular weight excluding hydrogens is 344 g/mol. The number of nitrogens with one attached hydrogen (secondary N) is 1. The van der Waals surface area contributed by atoms with Gasteiger partial charge in [-0.2, -0.15) is 0 Å². The van der Waals surface area contributed by atoms with Crippen LogP contribution in [-0.2, 0) is 14.2 Å². The largest absolute Gasteiger partial charge is 0.444 e. The Bertz CT molecular complexity index is 395. The van der Waals surface area contributed by atoms with Crippen molar-refractivity contribution in [2.75, 3.05) is 13.2 Å². The molecule has 0 aromatic carbocycles. The van der Waals surface area contributed by atoms with Gasteiger partial charge in [0, 0.05) is 25.3 Å². The van der Waals surface area contributed by atoms with E-state index in [1.54, 1.807) is 0 Å². The number of nitrogens with two attached hydrogens (primary N) is 1. The van der Waals surface area contributed by atoms with E-state index in [9.17, 15) is 4.79 Å². The van der Waals surface area contributed by atoms with Gasteiger partial charge >= 0.3 is 6.09 Å². The SMILES string of the molecule is CCOC1CCC(N)CC1.CCOC1CCC(NC(=O)OC(C)(C)C)CC1. The lowest BCUT2D eigenvalue weighted by molar-refractivity contribution is 0.0240. The maximum Gasteiger partial charge on any atom is 0.407 e. The van der Waals surface area contributed by atoms with Crippen LogP contribution in [0.4, 0.5) is 4.79 Å². The number of amides is 1. The van der Waals surface area contributed by atoms with Crippen molar-refractivity contribution in [3.63, 3.8) is 0 Å². The van der Waals surface area contributed by atoms with Gasteiger partial charge in [0.1, 0.15) is 5.60 Å². The average molecular weight is 387 g/mol. The van der Waals surface area contributed by atoms with Gasteiger partial charge in [-0.3, -0.25) is 0 Å². The Balaban J connectivity index is 0.000000309. The first-order chi connectivity index (χ1) is 12.7. The summed E-state index contributed by atoms with van der Waals surface area (Å²) in [6.07, 6.45) is 9.18. The summed E-state index contributed by atoms with van der Waals surface area (Å²) in [7, 11) is 0. The van der Waals surface area contributed by atoms with Crippen LogP contribution in [0.25, 0.3) is 0 Å². The molecule has 0 bridgehead atoms. The molecular formula is C21H42N2O4. The number of hydrogen-bond acceptors (Lipinski definition) is 5. The van der Waals surface area contributed by atoms with E-state index >= 15 is 0 Å². The van der Waals surface area contributed by atoms with E-state index in [0.717, 1.165) is 64.6 Å². The fourth-order valence-electron chi connectivity index (χ4n) is 3.57. The molecule has 0 atom stereocenters. The van der Waals surface area contributed by atoms with Gasteiger partial charge in [0.2, 0.25) is 0 Å².